The van der Waals surface area contributed by atoms with Gasteiger partial charge in [-0.25, -0.2) is 0 Å². The van der Waals surface area contributed by atoms with Crippen molar-refractivity contribution in [2.45, 2.75) is 19.3 Å². The van der Waals surface area contributed by atoms with E-state index in [4.69, 9.17) is 26.8 Å². The molecule has 1 saturated heterocycles. The lowest BCUT2D eigenvalue weighted by Crippen LogP contribution is -2.39. The van der Waals surface area contributed by atoms with Crippen LogP contribution in [0.25, 0.3) is 0 Å². The largest absolute Gasteiger partial charge is 0.454 e. The zero-order chi connectivity index (χ0) is 15.7. The molecule has 2 aliphatic rings. The molecule has 0 bridgehead atoms. The predicted octanol–water partition coefficient (Wildman–Crippen LogP) is 1.80. The molecular formula is C15H17ClN2O4. The highest BCUT2D eigenvalue weighted by molar-refractivity contribution is 6.32. The number of piperidine rings is 1. The quantitative estimate of drug-likeness (QED) is 0.919. The van der Waals surface area contributed by atoms with Crippen LogP contribution in [0, 0.1) is 5.92 Å². The first-order valence-electron chi connectivity index (χ1n) is 7.21. The molecule has 22 heavy (non-hydrogen) atoms. The van der Waals surface area contributed by atoms with Gasteiger partial charge in [-0.2, -0.15) is 0 Å². The Morgan fingerprint density at radius 2 is 2.00 bits per heavy atom. The fourth-order valence-corrected chi connectivity index (χ4v) is 3.16. The molecule has 1 aromatic rings. The number of hydrogen-bond acceptors (Lipinski definition) is 4. The SMILES string of the molecule is NC(=O)CC1CCN(C(=O)c2cc(Cl)c3c(c2)OCO3)CC1. The van der Waals surface area contributed by atoms with Gasteiger partial charge >= 0.3 is 0 Å². The van der Waals surface area contributed by atoms with Gasteiger partial charge in [0.2, 0.25) is 12.7 Å². The molecule has 6 nitrogen and oxygen atoms in total. The van der Waals surface area contributed by atoms with E-state index in [1.165, 1.54) is 0 Å². The van der Waals surface area contributed by atoms with Crippen LogP contribution in [0.3, 0.4) is 0 Å². The van der Waals surface area contributed by atoms with Gasteiger partial charge in [0.05, 0.1) is 5.02 Å². The minimum Gasteiger partial charge on any atom is -0.454 e. The lowest BCUT2D eigenvalue weighted by molar-refractivity contribution is -0.119. The summed E-state index contributed by atoms with van der Waals surface area (Å²) >= 11 is 6.11. The predicted molar refractivity (Wildman–Crippen MR) is 80.0 cm³/mol. The number of halogens is 1. The highest BCUT2D eigenvalue weighted by Gasteiger charge is 2.27. The van der Waals surface area contributed by atoms with Crippen LogP contribution in [0.4, 0.5) is 0 Å². The molecule has 2 heterocycles. The molecule has 2 aliphatic heterocycles. The van der Waals surface area contributed by atoms with E-state index in [0.29, 0.717) is 41.6 Å². The number of rotatable bonds is 3. The average Bonchev–Trinajstić information content (AvgIpc) is 2.95. The van der Waals surface area contributed by atoms with Crippen molar-refractivity contribution in [3.05, 3.63) is 22.7 Å². The summed E-state index contributed by atoms with van der Waals surface area (Å²) in [5, 5.41) is 0.377. The van der Waals surface area contributed by atoms with Crippen LogP contribution < -0.4 is 15.2 Å². The Labute approximate surface area is 133 Å². The zero-order valence-electron chi connectivity index (χ0n) is 12.0. The number of carbonyl (C=O) groups is 2. The van der Waals surface area contributed by atoms with Gasteiger partial charge in [-0.1, -0.05) is 11.6 Å². The van der Waals surface area contributed by atoms with E-state index >= 15 is 0 Å². The Hall–Kier alpha value is -1.95. The zero-order valence-corrected chi connectivity index (χ0v) is 12.8. The van der Waals surface area contributed by atoms with Gasteiger partial charge in [0.25, 0.3) is 5.91 Å². The fourth-order valence-electron chi connectivity index (χ4n) is 2.90. The van der Waals surface area contributed by atoms with Gasteiger partial charge in [-0.05, 0) is 30.9 Å². The normalized spacial score (nSPS) is 17.6. The maximum atomic E-state index is 12.6. The molecule has 7 heteroatoms. The van der Waals surface area contributed by atoms with Crippen molar-refractivity contribution in [1.29, 1.82) is 0 Å². The average molecular weight is 325 g/mol. The second-order valence-electron chi connectivity index (χ2n) is 5.60. The summed E-state index contributed by atoms with van der Waals surface area (Å²) in [5.41, 5.74) is 5.71. The monoisotopic (exact) mass is 324 g/mol. The van der Waals surface area contributed by atoms with E-state index in [1.807, 2.05) is 0 Å². The van der Waals surface area contributed by atoms with Crippen molar-refractivity contribution in [3.63, 3.8) is 0 Å². The second-order valence-corrected chi connectivity index (χ2v) is 6.01. The Bertz CT molecular complexity index is 612. The van der Waals surface area contributed by atoms with E-state index < -0.39 is 0 Å². The Kier molecular flexibility index (Phi) is 4.11. The van der Waals surface area contributed by atoms with E-state index in [-0.39, 0.29) is 24.5 Å². The number of likely N-dealkylation sites (tertiary alicyclic amines) is 1. The van der Waals surface area contributed by atoms with Crippen LogP contribution in [0.1, 0.15) is 29.6 Å². The van der Waals surface area contributed by atoms with Crippen molar-refractivity contribution in [2.75, 3.05) is 19.9 Å². The van der Waals surface area contributed by atoms with Crippen LogP contribution in [0.5, 0.6) is 11.5 Å². The standard InChI is InChI=1S/C15H17ClN2O4/c16-11-6-10(7-12-14(11)22-8-21-12)15(20)18-3-1-9(2-4-18)5-13(17)19/h6-7,9H,1-5,8H2,(H2,17,19). The molecule has 1 fully saturated rings. The number of ether oxygens (including phenoxy) is 2. The van der Waals surface area contributed by atoms with E-state index in [2.05, 4.69) is 0 Å². The first-order valence-corrected chi connectivity index (χ1v) is 7.59. The summed E-state index contributed by atoms with van der Waals surface area (Å²) in [6, 6.07) is 3.26. The number of fused-ring (bicyclic) bond motifs is 1. The lowest BCUT2D eigenvalue weighted by Gasteiger charge is -2.31. The number of primary amides is 1. The van der Waals surface area contributed by atoms with E-state index in [1.54, 1.807) is 17.0 Å². The molecule has 0 aromatic heterocycles. The van der Waals surface area contributed by atoms with Crippen molar-refractivity contribution < 1.29 is 19.1 Å². The molecule has 118 valence electrons. The topological polar surface area (TPSA) is 81.9 Å². The number of hydrogen-bond donors (Lipinski definition) is 1. The van der Waals surface area contributed by atoms with Gasteiger partial charge < -0.3 is 20.1 Å². The molecule has 1 aromatic carbocycles. The lowest BCUT2D eigenvalue weighted by atomic mass is 9.93. The third kappa shape index (κ3) is 2.97. The summed E-state index contributed by atoms with van der Waals surface area (Å²) in [7, 11) is 0. The van der Waals surface area contributed by atoms with Crippen LogP contribution in [0.15, 0.2) is 12.1 Å². The first kappa shape index (κ1) is 15.0. The molecule has 0 atom stereocenters. The van der Waals surface area contributed by atoms with Crippen LogP contribution in [-0.4, -0.2) is 36.6 Å². The third-order valence-electron chi connectivity index (χ3n) is 4.07. The third-order valence-corrected chi connectivity index (χ3v) is 4.35. The van der Waals surface area contributed by atoms with Gasteiger partial charge in [0.15, 0.2) is 11.5 Å². The number of benzene rings is 1. The maximum Gasteiger partial charge on any atom is 0.254 e. The highest BCUT2D eigenvalue weighted by atomic mass is 35.5. The highest BCUT2D eigenvalue weighted by Crippen LogP contribution is 2.40. The molecule has 0 radical (unpaired) electrons. The van der Waals surface area contributed by atoms with Gasteiger partial charge in [-0.15, -0.1) is 0 Å². The van der Waals surface area contributed by atoms with Gasteiger partial charge in [0.1, 0.15) is 0 Å². The molecule has 2 amide bonds. The molecule has 3 rings (SSSR count). The first-order chi connectivity index (χ1) is 10.5. The summed E-state index contributed by atoms with van der Waals surface area (Å²) in [6.07, 6.45) is 1.96. The van der Waals surface area contributed by atoms with Crippen molar-refractivity contribution in [3.8, 4) is 11.5 Å². The Balaban J connectivity index is 1.68. The van der Waals surface area contributed by atoms with Crippen LogP contribution in [0.2, 0.25) is 5.02 Å². The Morgan fingerprint density at radius 1 is 1.27 bits per heavy atom. The molecule has 0 saturated carbocycles. The van der Waals surface area contributed by atoms with Gasteiger partial charge in [0, 0.05) is 25.1 Å². The van der Waals surface area contributed by atoms with Crippen molar-refractivity contribution in [2.24, 2.45) is 11.7 Å². The molecule has 2 N–H and O–H groups in total. The van der Waals surface area contributed by atoms with Gasteiger partial charge in [-0.3, -0.25) is 9.59 Å². The van der Waals surface area contributed by atoms with Crippen molar-refractivity contribution >= 4 is 23.4 Å². The summed E-state index contributed by atoms with van der Waals surface area (Å²) in [4.78, 5) is 25.3. The minimum atomic E-state index is -0.285. The molecule has 0 aliphatic carbocycles. The van der Waals surface area contributed by atoms with Crippen LogP contribution >= 0.6 is 11.6 Å². The molecule has 0 spiro atoms. The number of nitrogens with two attached hydrogens (primary N) is 1. The molecular weight excluding hydrogens is 308 g/mol. The summed E-state index contributed by atoms with van der Waals surface area (Å²) < 4.78 is 10.5. The number of carbonyl (C=O) groups excluding carboxylic acids is 2. The Morgan fingerprint density at radius 3 is 2.68 bits per heavy atom. The minimum absolute atomic E-state index is 0.0854. The smallest absolute Gasteiger partial charge is 0.254 e. The fraction of sp³-hybridized carbons (Fsp3) is 0.467. The molecule has 0 unspecified atom stereocenters. The summed E-state index contributed by atoms with van der Waals surface area (Å²) in [6.45, 7) is 1.34. The van der Waals surface area contributed by atoms with Crippen LogP contribution in [-0.2, 0) is 4.79 Å². The second kappa shape index (κ2) is 6.04. The maximum absolute atomic E-state index is 12.6. The summed E-state index contributed by atoms with van der Waals surface area (Å²) in [5.74, 6) is 0.879. The number of amides is 2. The van der Waals surface area contributed by atoms with E-state index in [9.17, 15) is 9.59 Å². The van der Waals surface area contributed by atoms with Crippen molar-refractivity contribution in [1.82, 2.24) is 4.90 Å². The number of nitrogens with zero attached hydrogens (tertiary/aromatic N) is 1. The van der Waals surface area contributed by atoms with E-state index in [0.717, 1.165) is 12.8 Å².